The highest BCUT2D eigenvalue weighted by Gasteiger charge is 2.27. The molecule has 0 aromatic heterocycles. The monoisotopic (exact) mass is 241 g/mol. The van der Waals surface area contributed by atoms with Crippen LogP contribution in [-0.2, 0) is 9.59 Å². The Bertz CT molecular complexity index is 243. The molecule has 0 aliphatic carbocycles. The molecule has 0 bridgehead atoms. The lowest BCUT2D eigenvalue weighted by Gasteiger charge is -2.08. The summed E-state index contributed by atoms with van der Waals surface area (Å²) < 4.78 is 35.0. The Labute approximate surface area is 90.6 Å². The first kappa shape index (κ1) is 14.7. The van der Waals surface area contributed by atoms with E-state index in [0.717, 1.165) is 0 Å². The fourth-order valence-electron chi connectivity index (χ4n) is 0.851. The summed E-state index contributed by atoms with van der Waals surface area (Å²) in [6.07, 6.45) is -3.78. The lowest BCUT2D eigenvalue weighted by Crippen LogP contribution is -2.39. The van der Waals surface area contributed by atoms with Crippen molar-refractivity contribution in [2.24, 2.45) is 5.73 Å². The van der Waals surface area contributed by atoms with E-state index in [1.807, 2.05) is 0 Å². The molecule has 5 nitrogen and oxygen atoms in total. The third-order valence-electron chi connectivity index (χ3n) is 1.55. The van der Waals surface area contributed by atoms with Crippen LogP contribution in [0.1, 0.15) is 12.8 Å². The zero-order valence-electron chi connectivity index (χ0n) is 8.56. The van der Waals surface area contributed by atoms with E-state index in [0.29, 0.717) is 13.0 Å². The summed E-state index contributed by atoms with van der Waals surface area (Å²) >= 11 is 0. The van der Waals surface area contributed by atoms with E-state index < -0.39 is 24.5 Å². The van der Waals surface area contributed by atoms with Crippen molar-refractivity contribution >= 4 is 11.8 Å². The van der Waals surface area contributed by atoms with Crippen LogP contribution < -0.4 is 16.4 Å². The van der Waals surface area contributed by atoms with E-state index in [1.54, 1.807) is 5.32 Å². The highest BCUT2D eigenvalue weighted by atomic mass is 19.4. The van der Waals surface area contributed by atoms with Gasteiger partial charge in [-0.3, -0.25) is 9.59 Å². The van der Waals surface area contributed by atoms with Gasteiger partial charge in [0.05, 0.1) is 6.54 Å². The van der Waals surface area contributed by atoms with E-state index in [4.69, 9.17) is 5.73 Å². The molecule has 0 saturated carbocycles. The fraction of sp³-hybridized carbons (Fsp3) is 0.750. The molecular weight excluding hydrogens is 227 g/mol. The molecule has 0 atom stereocenters. The van der Waals surface area contributed by atoms with Gasteiger partial charge in [-0.15, -0.1) is 0 Å². The van der Waals surface area contributed by atoms with Gasteiger partial charge in [0.2, 0.25) is 11.8 Å². The van der Waals surface area contributed by atoms with E-state index in [-0.39, 0.29) is 13.0 Å². The van der Waals surface area contributed by atoms with Crippen molar-refractivity contribution < 1.29 is 22.8 Å². The Kier molecular flexibility index (Phi) is 6.47. The maximum absolute atomic E-state index is 11.7. The first-order valence-corrected chi connectivity index (χ1v) is 4.64. The number of primary amides is 1. The molecule has 0 fully saturated rings. The predicted octanol–water partition coefficient (Wildman–Crippen LogP) is -0.480. The number of carbonyl (C=O) groups excluding carboxylic acids is 2. The van der Waals surface area contributed by atoms with Crippen LogP contribution >= 0.6 is 0 Å². The van der Waals surface area contributed by atoms with Crippen molar-refractivity contribution in [2.45, 2.75) is 19.0 Å². The first-order valence-electron chi connectivity index (χ1n) is 4.64. The topological polar surface area (TPSA) is 84.2 Å². The van der Waals surface area contributed by atoms with Gasteiger partial charge in [0.25, 0.3) is 0 Å². The largest absolute Gasteiger partial charge is 0.405 e. The summed E-state index contributed by atoms with van der Waals surface area (Å²) in [5, 5.41) is 4.29. The summed E-state index contributed by atoms with van der Waals surface area (Å²) in [7, 11) is 0. The van der Waals surface area contributed by atoms with Crippen LogP contribution in [0, 0.1) is 0 Å². The molecule has 0 aromatic carbocycles. The number of nitrogens with one attached hydrogen (secondary N) is 2. The third-order valence-corrected chi connectivity index (χ3v) is 1.55. The van der Waals surface area contributed by atoms with Crippen molar-refractivity contribution in [2.75, 3.05) is 19.6 Å². The number of alkyl halides is 3. The second-order valence-electron chi connectivity index (χ2n) is 3.14. The van der Waals surface area contributed by atoms with E-state index in [1.165, 1.54) is 0 Å². The van der Waals surface area contributed by atoms with Crippen LogP contribution in [-0.4, -0.2) is 37.6 Å². The second kappa shape index (κ2) is 7.04. The van der Waals surface area contributed by atoms with Gasteiger partial charge in [-0.05, 0) is 13.0 Å². The maximum atomic E-state index is 11.7. The minimum absolute atomic E-state index is 0.178. The molecular formula is C8H14F3N3O2. The van der Waals surface area contributed by atoms with Crippen LogP contribution in [0.3, 0.4) is 0 Å². The van der Waals surface area contributed by atoms with Crippen molar-refractivity contribution in [1.29, 1.82) is 0 Å². The van der Waals surface area contributed by atoms with Gasteiger partial charge >= 0.3 is 6.18 Å². The zero-order chi connectivity index (χ0) is 12.6. The Hall–Kier alpha value is -1.31. The third kappa shape index (κ3) is 10.8. The molecule has 0 rings (SSSR count). The average molecular weight is 241 g/mol. The van der Waals surface area contributed by atoms with Crippen molar-refractivity contribution in [3.63, 3.8) is 0 Å². The van der Waals surface area contributed by atoms with Gasteiger partial charge in [-0.1, -0.05) is 0 Å². The highest BCUT2D eigenvalue weighted by Crippen LogP contribution is 2.11. The standard InChI is InChI=1S/C8H14F3N3O2/c9-8(10,11)5-14-7(16)4-13-3-1-2-6(12)15/h13H,1-5H2,(H2,12,15)(H,14,16). The smallest absolute Gasteiger partial charge is 0.370 e. The Balaban J connectivity index is 3.41. The summed E-state index contributed by atoms with van der Waals surface area (Å²) in [4.78, 5) is 21.1. The summed E-state index contributed by atoms with van der Waals surface area (Å²) in [5.74, 6) is -1.19. The van der Waals surface area contributed by atoms with Crippen LogP contribution in [0.5, 0.6) is 0 Å². The normalized spacial score (nSPS) is 11.2. The number of hydrogen-bond acceptors (Lipinski definition) is 3. The fourth-order valence-corrected chi connectivity index (χ4v) is 0.851. The lowest BCUT2D eigenvalue weighted by molar-refractivity contribution is -0.137. The molecule has 0 unspecified atom stereocenters. The molecule has 16 heavy (non-hydrogen) atoms. The molecule has 0 spiro atoms. The number of halogens is 3. The predicted molar refractivity (Wildman–Crippen MR) is 50.4 cm³/mol. The molecule has 2 amide bonds. The van der Waals surface area contributed by atoms with E-state index in [2.05, 4.69) is 5.32 Å². The molecule has 4 N–H and O–H groups in total. The van der Waals surface area contributed by atoms with Crippen LogP contribution in [0.4, 0.5) is 13.2 Å². The molecule has 0 aliphatic heterocycles. The Morgan fingerprint density at radius 3 is 2.38 bits per heavy atom. The Morgan fingerprint density at radius 1 is 1.25 bits per heavy atom. The van der Waals surface area contributed by atoms with Gasteiger partial charge in [0.15, 0.2) is 0 Å². The first-order chi connectivity index (χ1) is 7.31. The van der Waals surface area contributed by atoms with Crippen molar-refractivity contribution in [1.82, 2.24) is 10.6 Å². The number of rotatable bonds is 7. The molecule has 0 aliphatic rings. The molecule has 0 aromatic rings. The molecule has 0 saturated heterocycles. The number of carbonyl (C=O) groups is 2. The molecule has 0 heterocycles. The van der Waals surface area contributed by atoms with Gasteiger partial charge in [0, 0.05) is 6.42 Å². The van der Waals surface area contributed by atoms with E-state index >= 15 is 0 Å². The highest BCUT2D eigenvalue weighted by molar-refractivity contribution is 5.78. The number of hydrogen-bond donors (Lipinski definition) is 3. The number of amides is 2. The van der Waals surface area contributed by atoms with Gasteiger partial charge in [0.1, 0.15) is 6.54 Å². The van der Waals surface area contributed by atoms with Crippen LogP contribution in [0.2, 0.25) is 0 Å². The molecule has 94 valence electrons. The van der Waals surface area contributed by atoms with Gasteiger partial charge in [-0.2, -0.15) is 13.2 Å². The van der Waals surface area contributed by atoms with Crippen molar-refractivity contribution in [3.05, 3.63) is 0 Å². The maximum Gasteiger partial charge on any atom is 0.405 e. The summed E-state index contributed by atoms with van der Waals surface area (Å²) in [6, 6.07) is 0. The molecule has 8 heteroatoms. The quantitative estimate of drug-likeness (QED) is 0.526. The molecule has 0 radical (unpaired) electrons. The summed E-state index contributed by atoms with van der Waals surface area (Å²) in [6.45, 7) is -1.20. The van der Waals surface area contributed by atoms with Crippen molar-refractivity contribution in [3.8, 4) is 0 Å². The SMILES string of the molecule is NC(=O)CCCNCC(=O)NCC(F)(F)F. The minimum atomic E-state index is -4.40. The van der Waals surface area contributed by atoms with Crippen LogP contribution in [0.25, 0.3) is 0 Å². The van der Waals surface area contributed by atoms with Gasteiger partial charge in [-0.25, -0.2) is 0 Å². The van der Waals surface area contributed by atoms with Crippen LogP contribution in [0.15, 0.2) is 0 Å². The van der Waals surface area contributed by atoms with Gasteiger partial charge < -0.3 is 16.4 Å². The zero-order valence-corrected chi connectivity index (χ0v) is 8.56. The number of nitrogens with two attached hydrogens (primary N) is 1. The minimum Gasteiger partial charge on any atom is -0.370 e. The summed E-state index contributed by atoms with van der Waals surface area (Å²) in [5.41, 5.74) is 4.86. The lowest BCUT2D eigenvalue weighted by atomic mass is 10.3. The second-order valence-corrected chi connectivity index (χ2v) is 3.14. The Morgan fingerprint density at radius 2 is 1.88 bits per heavy atom. The van der Waals surface area contributed by atoms with E-state index in [9.17, 15) is 22.8 Å². The average Bonchev–Trinajstić information content (AvgIpc) is 2.12.